The van der Waals surface area contributed by atoms with Gasteiger partial charge in [0.1, 0.15) is 0 Å². The zero-order valence-corrected chi connectivity index (χ0v) is 10.9. The first-order chi connectivity index (χ1) is 7.20. The highest BCUT2D eigenvalue weighted by Gasteiger charge is 2.34. The van der Waals surface area contributed by atoms with Gasteiger partial charge in [0.15, 0.2) is 0 Å². The molecular weight excluding hydrogens is 293 g/mol. The number of benzene rings is 1. The first kappa shape index (κ1) is 13.5. The van der Waals surface area contributed by atoms with Crippen LogP contribution >= 0.6 is 28.3 Å². The van der Waals surface area contributed by atoms with Gasteiger partial charge in [0.05, 0.1) is 5.92 Å². The van der Waals surface area contributed by atoms with Crippen LogP contribution in [0, 0.1) is 5.92 Å². The van der Waals surface area contributed by atoms with Gasteiger partial charge >= 0.3 is 5.97 Å². The molecule has 16 heavy (non-hydrogen) atoms. The number of hydrogen-bond donors (Lipinski definition) is 2. The maximum atomic E-state index is 11.0. The van der Waals surface area contributed by atoms with Gasteiger partial charge in [-0.05, 0) is 11.6 Å². The van der Waals surface area contributed by atoms with Gasteiger partial charge in [0.2, 0.25) is 0 Å². The Morgan fingerprint density at radius 3 is 2.69 bits per heavy atom. The number of carboxylic acid groups (broad SMARTS) is 1. The first-order valence-corrected chi connectivity index (χ1v) is 5.67. The molecule has 2 atom stereocenters. The summed E-state index contributed by atoms with van der Waals surface area (Å²) in [5.41, 5.74) is 1.08. The van der Waals surface area contributed by atoms with Crippen molar-refractivity contribution in [2.24, 2.45) is 5.92 Å². The predicted molar refractivity (Wildman–Crippen MR) is 68.1 cm³/mol. The fourth-order valence-electron chi connectivity index (χ4n) is 2.04. The van der Waals surface area contributed by atoms with Crippen molar-refractivity contribution in [1.82, 2.24) is 5.32 Å². The Hall–Kier alpha value is -0.580. The van der Waals surface area contributed by atoms with Gasteiger partial charge in [-0.1, -0.05) is 34.1 Å². The van der Waals surface area contributed by atoms with Crippen LogP contribution in [0.5, 0.6) is 0 Å². The van der Waals surface area contributed by atoms with Crippen molar-refractivity contribution in [3.63, 3.8) is 0 Å². The summed E-state index contributed by atoms with van der Waals surface area (Å²) in [4.78, 5) is 11.0. The van der Waals surface area contributed by atoms with E-state index >= 15 is 0 Å². The predicted octanol–water partition coefficient (Wildman–Crippen LogP) is 2.26. The number of aliphatic carboxylic acids is 1. The van der Waals surface area contributed by atoms with E-state index in [1.807, 2.05) is 24.3 Å². The van der Waals surface area contributed by atoms with Crippen molar-refractivity contribution in [2.75, 3.05) is 13.1 Å². The molecule has 1 aliphatic rings. The summed E-state index contributed by atoms with van der Waals surface area (Å²) in [7, 11) is 0. The van der Waals surface area contributed by atoms with Gasteiger partial charge in [0, 0.05) is 23.5 Å². The van der Waals surface area contributed by atoms with Crippen LogP contribution in [-0.2, 0) is 4.79 Å². The lowest BCUT2D eigenvalue weighted by Crippen LogP contribution is -2.21. The van der Waals surface area contributed by atoms with E-state index in [4.69, 9.17) is 5.11 Å². The third-order valence-corrected chi connectivity index (χ3v) is 3.56. The zero-order valence-electron chi connectivity index (χ0n) is 8.52. The molecule has 1 fully saturated rings. The Balaban J connectivity index is 0.00000128. The summed E-state index contributed by atoms with van der Waals surface area (Å²) in [5.74, 6) is -0.970. The lowest BCUT2D eigenvalue weighted by molar-refractivity contribution is -0.141. The molecule has 1 heterocycles. The van der Waals surface area contributed by atoms with Crippen molar-refractivity contribution >= 4 is 34.3 Å². The quantitative estimate of drug-likeness (QED) is 0.881. The third-order valence-electron chi connectivity index (χ3n) is 2.84. The molecule has 2 rings (SSSR count). The molecule has 0 amide bonds. The van der Waals surface area contributed by atoms with E-state index in [2.05, 4.69) is 21.2 Å². The second-order valence-electron chi connectivity index (χ2n) is 3.73. The van der Waals surface area contributed by atoms with E-state index < -0.39 is 5.97 Å². The van der Waals surface area contributed by atoms with E-state index in [1.54, 1.807) is 0 Å². The second-order valence-corrected chi connectivity index (χ2v) is 4.59. The average molecular weight is 307 g/mol. The second kappa shape index (κ2) is 5.66. The zero-order chi connectivity index (χ0) is 10.8. The van der Waals surface area contributed by atoms with Gasteiger partial charge < -0.3 is 10.4 Å². The van der Waals surface area contributed by atoms with Gasteiger partial charge in [-0.3, -0.25) is 4.79 Å². The van der Waals surface area contributed by atoms with Gasteiger partial charge in [-0.2, -0.15) is 0 Å². The molecule has 5 heteroatoms. The van der Waals surface area contributed by atoms with Crippen LogP contribution in [0.1, 0.15) is 11.5 Å². The van der Waals surface area contributed by atoms with E-state index in [0.29, 0.717) is 6.54 Å². The molecular formula is C11H13BrClNO2. The topological polar surface area (TPSA) is 49.3 Å². The highest BCUT2D eigenvalue weighted by Crippen LogP contribution is 2.32. The molecule has 1 aliphatic heterocycles. The minimum absolute atomic E-state index is 0. The number of nitrogens with one attached hydrogen (secondary N) is 1. The van der Waals surface area contributed by atoms with Crippen LogP contribution in [0.3, 0.4) is 0 Å². The van der Waals surface area contributed by atoms with Crippen LogP contribution in [0.4, 0.5) is 0 Å². The molecule has 0 bridgehead atoms. The standard InChI is InChI=1S/C11H12BrNO2.ClH/c12-10-4-2-1-3-7(10)8-5-13-6-9(8)11(14)15;/h1-4,8-9,13H,5-6H2,(H,14,15);1H/t8-,9+;/m1./s1. The minimum Gasteiger partial charge on any atom is -0.481 e. The van der Waals surface area contributed by atoms with Gasteiger partial charge in [0.25, 0.3) is 0 Å². The van der Waals surface area contributed by atoms with Crippen molar-refractivity contribution in [2.45, 2.75) is 5.92 Å². The maximum Gasteiger partial charge on any atom is 0.308 e. The van der Waals surface area contributed by atoms with E-state index in [1.165, 1.54) is 0 Å². The van der Waals surface area contributed by atoms with E-state index in [-0.39, 0.29) is 24.2 Å². The summed E-state index contributed by atoms with van der Waals surface area (Å²) in [6, 6.07) is 7.81. The molecule has 1 aromatic carbocycles. The fourth-order valence-corrected chi connectivity index (χ4v) is 2.62. The Bertz CT molecular complexity index is 386. The Labute approximate surface area is 109 Å². The molecule has 0 aliphatic carbocycles. The molecule has 0 aromatic heterocycles. The van der Waals surface area contributed by atoms with Crippen molar-refractivity contribution < 1.29 is 9.90 Å². The van der Waals surface area contributed by atoms with Crippen molar-refractivity contribution in [3.05, 3.63) is 34.3 Å². The third kappa shape index (κ3) is 2.56. The number of halogens is 2. The van der Waals surface area contributed by atoms with Crippen LogP contribution in [0.25, 0.3) is 0 Å². The van der Waals surface area contributed by atoms with Crippen molar-refractivity contribution in [1.29, 1.82) is 0 Å². The number of carboxylic acids is 1. The molecule has 2 N–H and O–H groups in total. The van der Waals surface area contributed by atoms with Crippen LogP contribution in [-0.4, -0.2) is 24.2 Å². The summed E-state index contributed by atoms with van der Waals surface area (Å²) in [5, 5.41) is 12.2. The Morgan fingerprint density at radius 1 is 1.38 bits per heavy atom. The maximum absolute atomic E-state index is 11.0. The van der Waals surface area contributed by atoms with Crippen LogP contribution in [0.2, 0.25) is 0 Å². The highest BCUT2D eigenvalue weighted by molar-refractivity contribution is 9.10. The van der Waals surface area contributed by atoms with E-state index in [0.717, 1.165) is 16.6 Å². The van der Waals surface area contributed by atoms with Crippen LogP contribution < -0.4 is 5.32 Å². The molecule has 0 spiro atoms. The summed E-state index contributed by atoms with van der Waals surface area (Å²) in [6.45, 7) is 1.29. The molecule has 0 unspecified atom stereocenters. The summed E-state index contributed by atoms with van der Waals surface area (Å²) < 4.78 is 0.991. The monoisotopic (exact) mass is 305 g/mol. The minimum atomic E-state index is -0.722. The molecule has 1 aromatic rings. The summed E-state index contributed by atoms with van der Waals surface area (Å²) >= 11 is 3.46. The first-order valence-electron chi connectivity index (χ1n) is 4.88. The fraction of sp³-hybridized carbons (Fsp3) is 0.364. The SMILES string of the molecule is Cl.O=C(O)[C@H]1CNC[C@@H]1c1ccccc1Br. The molecule has 3 nitrogen and oxygen atoms in total. The number of hydrogen-bond acceptors (Lipinski definition) is 2. The Morgan fingerprint density at radius 2 is 2.06 bits per heavy atom. The number of rotatable bonds is 2. The molecule has 1 saturated heterocycles. The van der Waals surface area contributed by atoms with Crippen molar-refractivity contribution in [3.8, 4) is 0 Å². The van der Waals surface area contributed by atoms with Crippen LogP contribution in [0.15, 0.2) is 28.7 Å². The average Bonchev–Trinajstić information content (AvgIpc) is 2.67. The molecule has 0 radical (unpaired) electrons. The highest BCUT2D eigenvalue weighted by atomic mass is 79.9. The lowest BCUT2D eigenvalue weighted by Gasteiger charge is -2.16. The molecule has 88 valence electrons. The lowest BCUT2D eigenvalue weighted by atomic mass is 9.89. The normalized spacial score (nSPS) is 23.8. The van der Waals surface area contributed by atoms with E-state index in [9.17, 15) is 4.79 Å². The Kier molecular flexibility index (Phi) is 4.77. The molecule has 0 saturated carbocycles. The number of carbonyl (C=O) groups is 1. The van der Waals surface area contributed by atoms with Gasteiger partial charge in [-0.15, -0.1) is 12.4 Å². The largest absolute Gasteiger partial charge is 0.481 e. The smallest absolute Gasteiger partial charge is 0.308 e. The van der Waals surface area contributed by atoms with Gasteiger partial charge in [-0.25, -0.2) is 0 Å². The summed E-state index contributed by atoms with van der Waals surface area (Å²) in [6.07, 6.45) is 0.